The summed E-state index contributed by atoms with van der Waals surface area (Å²) < 4.78 is 15.6. The van der Waals surface area contributed by atoms with Gasteiger partial charge in [0, 0.05) is 13.1 Å². The topological polar surface area (TPSA) is 70.0 Å². The van der Waals surface area contributed by atoms with Gasteiger partial charge in [0.05, 0.1) is 19.1 Å². The van der Waals surface area contributed by atoms with Crippen LogP contribution in [-0.4, -0.2) is 46.9 Å². The van der Waals surface area contributed by atoms with Gasteiger partial charge < -0.3 is 14.5 Å². The highest BCUT2D eigenvalue weighted by molar-refractivity contribution is 8.54. The molecule has 0 atom stereocenters. The lowest BCUT2D eigenvalue weighted by molar-refractivity contribution is 0.0474. The highest BCUT2D eigenvalue weighted by Crippen LogP contribution is 2.50. The quantitative estimate of drug-likeness (QED) is 0.648. The molecule has 0 saturated carbocycles. The van der Waals surface area contributed by atoms with Crippen molar-refractivity contribution < 1.29 is 19.1 Å². The average Bonchev–Trinajstić information content (AvgIpc) is 2.02. The fourth-order valence-corrected chi connectivity index (χ4v) is 2.40. The summed E-state index contributed by atoms with van der Waals surface area (Å²) in [5.74, 6) is 0.383. The van der Waals surface area contributed by atoms with Crippen molar-refractivity contribution in [3.8, 4) is 0 Å². The molecule has 0 aromatic heterocycles. The van der Waals surface area contributed by atoms with Crippen LogP contribution in [0.5, 0.6) is 0 Å². The Bertz CT molecular complexity index is 178. The van der Waals surface area contributed by atoms with E-state index in [1.54, 1.807) is 0 Å². The van der Waals surface area contributed by atoms with Gasteiger partial charge in [-0.1, -0.05) is 0 Å². The third-order valence-electron chi connectivity index (χ3n) is 1.51. The van der Waals surface area contributed by atoms with Gasteiger partial charge >= 0.3 is 6.80 Å². The number of hydrogen-bond donors (Lipinski definition) is 2. The monoisotopic (exact) mass is 213 g/mol. The third kappa shape index (κ3) is 4.45. The zero-order valence-electron chi connectivity index (χ0n) is 6.55. The van der Waals surface area contributed by atoms with Crippen LogP contribution in [0.3, 0.4) is 0 Å². The third-order valence-corrected chi connectivity index (χ3v) is 3.68. The average molecular weight is 213 g/mol. The number of ether oxygens (including phenoxy) is 1. The first kappa shape index (κ1) is 10.5. The molecule has 0 aromatic rings. The van der Waals surface area contributed by atoms with Crippen molar-refractivity contribution in [3.05, 3.63) is 0 Å². The second-order valence-electron chi connectivity index (χ2n) is 2.48. The van der Waals surface area contributed by atoms with Crippen molar-refractivity contribution in [1.29, 1.82) is 0 Å². The summed E-state index contributed by atoms with van der Waals surface area (Å²) in [4.78, 5) is 19.1. The first-order chi connectivity index (χ1) is 5.58. The molecule has 0 bridgehead atoms. The summed E-state index contributed by atoms with van der Waals surface area (Å²) in [6, 6.07) is 0. The normalized spacial score (nSPS) is 21.2. The highest BCUT2D eigenvalue weighted by Gasteiger charge is 2.17. The largest absolute Gasteiger partial charge is 0.385 e. The molecule has 0 aliphatic carbocycles. The minimum atomic E-state index is -3.90. The van der Waals surface area contributed by atoms with Crippen LogP contribution in [0.15, 0.2) is 0 Å². The van der Waals surface area contributed by atoms with E-state index in [1.165, 1.54) is 0 Å². The van der Waals surface area contributed by atoms with Crippen LogP contribution >= 0.6 is 18.2 Å². The molecule has 1 rings (SSSR count). The molecule has 1 heterocycles. The highest BCUT2D eigenvalue weighted by atomic mass is 32.7. The number of rotatable bonds is 3. The fraction of sp³-hybridized carbons (Fsp3) is 1.00. The molecular formula is C5H12NO4PS. The Morgan fingerprint density at radius 3 is 2.50 bits per heavy atom. The lowest BCUT2D eigenvalue weighted by atomic mass is 10.5. The van der Waals surface area contributed by atoms with Gasteiger partial charge in [0.25, 0.3) is 0 Å². The van der Waals surface area contributed by atoms with Gasteiger partial charge in [-0.05, 0) is 11.4 Å². The van der Waals surface area contributed by atoms with E-state index >= 15 is 0 Å². The second-order valence-corrected chi connectivity index (χ2v) is 6.18. The van der Waals surface area contributed by atoms with Crippen molar-refractivity contribution in [2.45, 2.75) is 0 Å². The van der Waals surface area contributed by atoms with Crippen molar-refractivity contribution in [3.63, 3.8) is 0 Å². The minimum absolute atomic E-state index is 0.383. The molecule has 12 heavy (non-hydrogen) atoms. The van der Waals surface area contributed by atoms with Gasteiger partial charge in [0.2, 0.25) is 0 Å². The second kappa shape index (κ2) is 4.60. The van der Waals surface area contributed by atoms with E-state index in [1.807, 2.05) is 4.90 Å². The molecule has 1 aliphatic rings. The van der Waals surface area contributed by atoms with Gasteiger partial charge in [0.1, 0.15) is 0 Å². The molecule has 1 aliphatic heterocycles. The lowest BCUT2D eigenvalue weighted by Crippen LogP contribution is -2.35. The van der Waals surface area contributed by atoms with Crippen molar-refractivity contribution in [1.82, 2.24) is 4.90 Å². The summed E-state index contributed by atoms with van der Waals surface area (Å²) in [6.07, 6.45) is 0. The number of hydrogen-bond acceptors (Lipinski definition) is 4. The standard InChI is InChI=1S/C5H12NO4PS/c7-11(8,9)12-5-6-1-3-10-4-2-6/h1-5H2,(H2,7,8,9). The Kier molecular flexibility index (Phi) is 4.02. The van der Waals surface area contributed by atoms with Crippen molar-refractivity contribution in [2.24, 2.45) is 0 Å². The first-order valence-corrected chi connectivity index (χ1v) is 6.78. The maximum atomic E-state index is 10.5. The van der Waals surface area contributed by atoms with Crippen molar-refractivity contribution >= 4 is 18.2 Å². The Hall–Kier alpha value is 0.420. The van der Waals surface area contributed by atoms with E-state index in [0.717, 1.165) is 13.1 Å². The van der Waals surface area contributed by atoms with Crippen LogP contribution in [0.2, 0.25) is 0 Å². The zero-order chi connectivity index (χ0) is 9.03. The molecule has 72 valence electrons. The van der Waals surface area contributed by atoms with Crippen LogP contribution in [0.25, 0.3) is 0 Å². The molecule has 7 heteroatoms. The summed E-state index contributed by atoms with van der Waals surface area (Å²) in [5.41, 5.74) is 0. The summed E-state index contributed by atoms with van der Waals surface area (Å²) >= 11 is 0.677. The molecule has 0 unspecified atom stereocenters. The molecule has 5 nitrogen and oxygen atoms in total. The molecule has 2 N–H and O–H groups in total. The maximum absolute atomic E-state index is 10.5. The molecule has 0 aromatic carbocycles. The predicted octanol–water partition coefficient (Wildman–Crippen LogP) is 0.102. The Balaban J connectivity index is 2.17. The SMILES string of the molecule is O=P(O)(O)SCN1CCOCC1. The van der Waals surface area contributed by atoms with E-state index in [0.29, 0.717) is 30.5 Å². The molecule has 0 amide bonds. The first-order valence-electron chi connectivity index (χ1n) is 3.58. The van der Waals surface area contributed by atoms with Gasteiger partial charge in [-0.2, -0.15) is 0 Å². The number of nitrogens with zero attached hydrogens (tertiary/aromatic N) is 1. The van der Waals surface area contributed by atoms with Gasteiger partial charge in [-0.15, -0.1) is 0 Å². The summed E-state index contributed by atoms with van der Waals surface area (Å²) in [7, 11) is 0. The Morgan fingerprint density at radius 1 is 1.42 bits per heavy atom. The van der Waals surface area contributed by atoms with Crippen molar-refractivity contribution in [2.75, 3.05) is 32.2 Å². The maximum Gasteiger partial charge on any atom is 0.385 e. The Labute approximate surface area is 75.0 Å². The van der Waals surface area contributed by atoms with Gasteiger partial charge in [-0.25, -0.2) is 4.57 Å². The molecule has 1 fully saturated rings. The smallest absolute Gasteiger partial charge is 0.379 e. The zero-order valence-corrected chi connectivity index (χ0v) is 8.26. The predicted molar refractivity (Wildman–Crippen MR) is 46.9 cm³/mol. The molecular weight excluding hydrogens is 201 g/mol. The van der Waals surface area contributed by atoms with E-state index in [9.17, 15) is 4.57 Å². The minimum Gasteiger partial charge on any atom is -0.379 e. The van der Waals surface area contributed by atoms with Crippen LogP contribution in [0, 0.1) is 0 Å². The van der Waals surface area contributed by atoms with Gasteiger partial charge in [0.15, 0.2) is 0 Å². The molecule has 1 saturated heterocycles. The van der Waals surface area contributed by atoms with Crippen LogP contribution < -0.4 is 0 Å². The van der Waals surface area contributed by atoms with E-state index in [2.05, 4.69) is 0 Å². The van der Waals surface area contributed by atoms with E-state index in [-0.39, 0.29) is 0 Å². The number of morpholine rings is 1. The summed E-state index contributed by atoms with van der Waals surface area (Å²) in [6.45, 7) is -1.08. The molecule has 0 radical (unpaired) electrons. The Morgan fingerprint density at radius 2 is 2.00 bits per heavy atom. The van der Waals surface area contributed by atoms with Crippen LogP contribution in [-0.2, 0) is 9.30 Å². The van der Waals surface area contributed by atoms with Crippen LogP contribution in [0.1, 0.15) is 0 Å². The fourth-order valence-electron chi connectivity index (χ4n) is 0.887. The van der Waals surface area contributed by atoms with Gasteiger partial charge in [-0.3, -0.25) is 4.90 Å². The van der Waals surface area contributed by atoms with E-state index < -0.39 is 6.80 Å². The molecule has 0 spiro atoms. The summed E-state index contributed by atoms with van der Waals surface area (Å²) in [5, 5.41) is 0. The van der Waals surface area contributed by atoms with Crippen LogP contribution in [0.4, 0.5) is 0 Å². The lowest BCUT2D eigenvalue weighted by Gasteiger charge is -2.25. The van der Waals surface area contributed by atoms with E-state index in [4.69, 9.17) is 14.5 Å².